The molecule has 0 spiro atoms. The van der Waals surface area contributed by atoms with Crippen molar-refractivity contribution in [2.24, 2.45) is 0 Å². The number of nitrogens with one attached hydrogen (secondary N) is 1. The van der Waals surface area contributed by atoms with Crippen molar-refractivity contribution in [3.05, 3.63) is 35.4 Å². The standard InChI is InChI=1S/C15H23NO/c1-4-17-14-9-13(10-14)16-12(3)15-8-6-5-7-11(15)2/h5-8,12-14,16H,4,9-10H2,1-3H3/t12-,13?,14?/m1/s1. The van der Waals surface area contributed by atoms with Gasteiger partial charge in [0.15, 0.2) is 0 Å². The van der Waals surface area contributed by atoms with E-state index in [2.05, 4.69) is 50.4 Å². The average Bonchev–Trinajstić information content (AvgIpc) is 2.26. The molecule has 1 atom stereocenters. The van der Waals surface area contributed by atoms with Crippen molar-refractivity contribution in [1.29, 1.82) is 0 Å². The maximum atomic E-state index is 5.58. The van der Waals surface area contributed by atoms with Gasteiger partial charge in [-0.2, -0.15) is 0 Å². The number of hydrogen-bond donors (Lipinski definition) is 1. The van der Waals surface area contributed by atoms with Gasteiger partial charge in [0.2, 0.25) is 0 Å². The lowest BCUT2D eigenvalue weighted by Crippen LogP contribution is -2.46. The van der Waals surface area contributed by atoms with Crippen molar-refractivity contribution in [3.8, 4) is 0 Å². The maximum absolute atomic E-state index is 5.58. The van der Waals surface area contributed by atoms with Gasteiger partial charge in [-0.05, 0) is 44.7 Å². The molecule has 2 nitrogen and oxygen atoms in total. The van der Waals surface area contributed by atoms with Crippen LogP contribution in [-0.2, 0) is 4.74 Å². The van der Waals surface area contributed by atoms with Crippen LogP contribution in [0.2, 0.25) is 0 Å². The SMILES string of the molecule is CCOC1CC(N[C@H](C)c2ccccc2C)C1. The summed E-state index contributed by atoms with van der Waals surface area (Å²) in [6.45, 7) is 7.33. The van der Waals surface area contributed by atoms with Crippen LogP contribution in [0.5, 0.6) is 0 Å². The zero-order chi connectivity index (χ0) is 12.3. The third-order valence-electron chi connectivity index (χ3n) is 3.64. The Balaban J connectivity index is 1.83. The van der Waals surface area contributed by atoms with Crippen LogP contribution >= 0.6 is 0 Å². The minimum atomic E-state index is 0.434. The Labute approximate surface area is 104 Å². The number of hydrogen-bond acceptors (Lipinski definition) is 2. The van der Waals surface area contributed by atoms with Crippen LogP contribution in [0.4, 0.5) is 0 Å². The summed E-state index contributed by atoms with van der Waals surface area (Å²) in [6, 6.07) is 9.66. The summed E-state index contributed by atoms with van der Waals surface area (Å²) in [5.74, 6) is 0. The second-order valence-electron chi connectivity index (χ2n) is 4.99. The molecule has 1 aliphatic carbocycles. The minimum Gasteiger partial charge on any atom is -0.378 e. The monoisotopic (exact) mass is 233 g/mol. The molecule has 1 aliphatic rings. The van der Waals surface area contributed by atoms with Gasteiger partial charge in [0, 0.05) is 18.7 Å². The minimum absolute atomic E-state index is 0.434. The van der Waals surface area contributed by atoms with Gasteiger partial charge in [-0.25, -0.2) is 0 Å². The number of ether oxygens (including phenoxy) is 1. The Kier molecular flexibility index (Phi) is 4.19. The first-order valence-corrected chi connectivity index (χ1v) is 6.64. The lowest BCUT2D eigenvalue weighted by molar-refractivity contribution is -0.0120. The Morgan fingerprint density at radius 3 is 2.71 bits per heavy atom. The van der Waals surface area contributed by atoms with Crippen molar-refractivity contribution in [3.63, 3.8) is 0 Å². The number of rotatable bonds is 5. The smallest absolute Gasteiger partial charge is 0.0604 e. The Morgan fingerprint density at radius 2 is 2.06 bits per heavy atom. The van der Waals surface area contributed by atoms with Crippen molar-refractivity contribution in [2.75, 3.05) is 6.61 Å². The maximum Gasteiger partial charge on any atom is 0.0604 e. The van der Waals surface area contributed by atoms with Crippen molar-refractivity contribution in [2.45, 2.75) is 51.8 Å². The third kappa shape index (κ3) is 3.08. The van der Waals surface area contributed by atoms with E-state index in [-0.39, 0.29) is 0 Å². The highest BCUT2D eigenvalue weighted by atomic mass is 16.5. The second kappa shape index (κ2) is 5.65. The van der Waals surface area contributed by atoms with E-state index in [0.717, 1.165) is 19.4 Å². The fraction of sp³-hybridized carbons (Fsp3) is 0.600. The van der Waals surface area contributed by atoms with Gasteiger partial charge in [0.1, 0.15) is 0 Å². The van der Waals surface area contributed by atoms with Crippen LogP contribution in [0, 0.1) is 6.92 Å². The number of benzene rings is 1. The third-order valence-corrected chi connectivity index (χ3v) is 3.64. The highest BCUT2D eigenvalue weighted by molar-refractivity contribution is 5.28. The zero-order valence-electron chi connectivity index (χ0n) is 11.1. The van der Waals surface area contributed by atoms with Crippen LogP contribution in [-0.4, -0.2) is 18.8 Å². The highest BCUT2D eigenvalue weighted by Crippen LogP contribution is 2.26. The first-order chi connectivity index (χ1) is 8.20. The molecule has 17 heavy (non-hydrogen) atoms. The molecule has 0 saturated heterocycles. The molecule has 94 valence electrons. The molecule has 0 unspecified atom stereocenters. The van der Waals surface area contributed by atoms with E-state index in [0.29, 0.717) is 18.2 Å². The molecule has 2 heteroatoms. The first-order valence-electron chi connectivity index (χ1n) is 6.64. The molecule has 0 bridgehead atoms. The van der Waals surface area contributed by atoms with E-state index in [4.69, 9.17) is 4.74 Å². The predicted octanol–water partition coefficient (Wildman–Crippen LogP) is 3.21. The molecule has 1 saturated carbocycles. The van der Waals surface area contributed by atoms with E-state index in [1.54, 1.807) is 0 Å². The van der Waals surface area contributed by atoms with Gasteiger partial charge in [0.05, 0.1) is 6.10 Å². The van der Waals surface area contributed by atoms with Gasteiger partial charge in [-0.15, -0.1) is 0 Å². The summed E-state index contributed by atoms with van der Waals surface area (Å²) >= 11 is 0. The van der Waals surface area contributed by atoms with E-state index in [9.17, 15) is 0 Å². The molecule has 0 aliphatic heterocycles. The molecule has 0 radical (unpaired) electrons. The fourth-order valence-corrected chi connectivity index (χ4v) is 2.59. The summed E-state index contributed by atoms with van der Waals surface area (Å²) in [6.07, 6.45) is 2.80. The summed E-state index contributed by atoms with van der Waals surface area (Å²) < 4.78 is 5.58. The Hall–Kier alpha value is -0.860. The quantitative estimate of drug-likeness (QED) is 0.843. The van der Waals surface area contributed by atoms with Gasteiger partial charge in [0.25, 0.3) is 0 Å². The fourth-order valence-electron chi connectivity index (χ4n) is 2.59. The molecular weight excluding hydrogens is 210 g/mol. The molecule has 1 N–H and O–H groups in total. The summed E-state index contributed by atoms with van der Waals surface area (Å²) in [5.41, 5.74) is 2.78. The highest BCUT2D eigenvalue weighted by Gasteiger charge is 2.30. The van der Waals surface area contributed by atoms with Crippen LogP contribution in [0.25, 0.3) is 0 Å². The van der Waals surface area contributed by atoms with Crippen LogP contribution in [0.15, 0.2) is 24.3 Å². The van der Waals surface area contributed by atoms with E-state index >= 15 is 0 Å². The topological polar surface area (TPSA) is 21.3 Å². The number of aryl methyl sites for hydroxylation is 1. The second-order valence-corrected chi connectivity index (χ2v) is 4.99. The normalized spacial score (nSPS) is 25.4. The Morgan fingerprint density at radius 1 is 1.35 bits per heavy atom. The van der Waals surface area contributed by atoms with Crippen LogP contribution in [0.1, 0.15) is 43.9 Å². The van der Waals surface area contributed by atoms with Crippen LogP contribution < -0.4 is 5.32 Å². The van der Waals surface area contributed by atoms with E-state index in [1.165, 1.54) is 11.1 Å². The molecule has 1 fully saturated rings. The van der Waals surface area contributed by atoms with Gasteiger partial charge in [-0.3, -0.25) is 0 Å². The molecule has 0 heterocycles. The summed E-state index contributed by atoms with van der Waals surface area (Å²) in [5, 5.41) is 3.68. The largest absolute Gasteiger partial charge is 0.378 e. The lowest BCUT2D eigenvalue weighted by atomic mass is 9.88. The van der Waals surface area contributed by atoms with Crippen LogP contribution in [0.3, 0.4) is 0 Å². The first kappa shape index (κ1) is 12.6. The van der Waals surface area contributed by atoms with Gasteiger partial charge in [-0.1, -0.05) is 24.3 Å². The van der Waals surface area contributed by atoms with Crippen molar-refractivity contribution < 1.29 is 4.74 Å². The van der Waals surface area contributed by atoms with E-state index < -0.39 is 0 Å². The molecule has 1 aromatic carbocycles. The van der Waals surface area contributed by atoms with Crippen molar-refractivity contribution in [1.82, 2.24) is 5.32 Å². The molecule has 1 aromatic rings. The van der Waals surface area contributed by atoms with Gasteiger partial charge < -0.3 is 10.1 Å². The van der Waals surface area contributed by atoms with E-state index in [1.807, 2.05) is 0 Å². The average molecular weight is 233 g/mol. The lowest BCUT2D eigenvalue weighted by Gasteiger charge is -2.37. The zero-order valence-corrected chi connectivity index (χ0v) is 11.1. The summed E-state index contributed by atoms with van der Waals surface area (Å²) in [4.78, 5) is 0. The molecular formula is C15H23NO. The molecule has 0 aromatic heterocycles. The molecule has 2 rings (SSSR count). The van der Waals surface area contributed by atoms with Gasteiger partial charge >= 0.3 is 0 Å². The Bertz CT molecular complexity index is 358. The van der Waals surface area contributed by atoms with Crippen molar-refractivity contribution >= 4 is 0 Å². The molecule has 0 amide bonds. The summed E-state index contributed by atoms with van der Waals surface area (Å²) in [7, 11) is 0. The predicted molar refractivity (Wildman–Crippen MR) is 71.2 cm³/mol.